The Kier molecular flexibility index (Phi) is 7.76. The van der Waals surface area contributed by atoms with Crippen molar-refractivity contribution >= 4 is 21.9 Å². The van der Waals surface area contributed by atoms with Crippen LogP contribution in [0.15, 0.2) is 90.7 Å². The summed E-state index contributed by atoms with van der Waals surface area (Å²) in [5.41, 5.74) is 2.63. The summed E-state index contributed by atoms with van der Waals surface area (Å²) in [4.78, 5) is 24.0. The van der Waals surface area contributed by atoms with Crippen molar-refractivity contribution in [2.24, 2.45) is 0 Å². The molecule has 0 aliphatic carbocycles. The Balaban J connectivity index is 0.000000181. The summed E-state index contributed by atoms with van der Waals surface area (Å²) in [5, 5.41) is 29.4. The van der Waals surface area contributed by atoms with Crippen LogP contribution in [-0.2, 0) is 6.42 Å². The molecule has 8 heteroatoms. The van der Waals surface area contributed by atoms with Gasteiger partial charge < -0.3 is 28.9 Å². The van der Waals surface area contributed by atoms with E-state index >= 15 is 0 Å². The summed E-state index contributed by atoms with van der Waals surface area (Å²) in [6, 6.07) is 15.7. The minimum Gasteiger partial charge on any atom is -0.508 e. The average Bonchev–Trinajstić information content (AvgIpc) is 2.87. The Labute approximate surface area is 223 Å². The predicted molar refractivity (Wildman–Crippen MR) is 150 cm³/mol. The smallest absolute Gasteiger partial charge is 0.197 e. The highest BCUT2D eigenvalue weighted by Gasteiger charge is 2.17. The lowest BCUT2D eigenvalue weighted by molar-refractivity contribution is 0.403. The van der Waals surface area contributed by atoms with Crippen LogP contribution in [-0.4, -0.2) is 22.4 Å². The number of aryl methyl sites for hydroxylation is 1. The average molecular weight is 529 g/mol. The first-order chi connectivity index (χ1) is 18.6. The van der Waals surface area contributed by atoms with Gasteiger partial charge >= 0.3 is 0 Å². The van der Waals surface area contributed by atoms with E-state index in [4.69, 9.17) is 13.6 Å². The Bertz CT molecular complexity index is 1810. The van der Waals surface area contributed by atoms with Crippen molar-refractivity contribution in [3.8, 4) is 34.3 Å². The Morgan fingerprint density at radius 1 is 0.872 bits per heavy atom. The minimum absolute atomic E-state index is 0.0671. The van der Waals surface area contributed by atoms with Gasteiger partial charge in [0.15, 0.2) is 10.9 Å². The van der Waals surface area contributed by atoms with E-state index in [1.54, 1.807) is 6.92 Å². The second-order valence-corrected chi connectivity index (χ2v) is 9.17. The van der Waals surface area contributed by atoms with Crippen molar-refractivity contribution < 1.29 is 28.9 Å². The molecule has 5 rings (SSSR count). The molecule has 0 aliphatic rings. The molecule has 3 N–H and O–H groups in total. The molecule has 0 saturated carbocycles. The van der Waals surface area contributed by atoms with Gasteiger partial charge in [0.2, 0.25) is 0 Å². The molecule has 0 spiro atoms. The Morgan fingerprint density at radius 3 is 2.21 bits per heavy atom. The van der Waals surface area contributed by atoms with Crippen LogP contribution in [0.2, 0.25) is 0 Å². The lowest BCUT2D eigenvalue weighted by Crippen LogP contribution is -2.04. The van der Waals surface area contributed by atoms with Gasteiger partial charge in [-0.15, -0.1) is 0 Å². The van der Waals surface area contributed by atoms with Crippen LogP contribution in [0.4, 0.5) is 0 Å². The van der Waals surface area contributed by atoms with Gasteiger partial charge in [0.25, 0.3) is 0 Å². The summed E-state index contributed by atoms with van der Waals surface area (Å²) in [5.74, 6) is 0.853. The van der Waals surface area contributed by atoms with E-state index in [-0.39, 0.29) is 44.5 Å². The molecule has 2 heterocycles. The van der Waals surface area contributed by atoms with Crippen molar-refractivity contribution in [3.05, 3.63) is 104 Å². The van der Waals surface area contributed by atoms with Gasteiger partial charge in [-0.1, -0.05) is 42.0 Å². The molecule has 3 aromatic carbocycles. The predicted octanol–water partition coefficient (Wildman–Crippen LogP) is 6.20. The van der Waals surface area contributed by atoms with Crippen LogP contribution in [0.3, 0.4) is 0 Å². The monoisotopic (exact) mass is 528 g/mol. The molecule has 2 aromatic heterocycles. The molecule has 200 valence electrons. The van der Waals surface area contributed by atoms with E-state index in [2.05, 4.69) is 0 Å². The maximum Gasteiger partial charge on any atom is 0.197 e. The third-order valence-corrected chi connectivity index (χ3v) is 5.95. The molecule has 5 aromatic rings. The van der Waals surface area contributed by atoms with Gasteiger partial charge in [-0.3, -0.25) is 9.59 Å². The Hall–Kier alpha value is -4.98. The van der Waals surface area contributed by atoms with Crippen molar-refractivity contribution in [1.82, 2.24) is 0 Å². The van der Waals surface area contributed by atoms with E-state index in [1.165, 1.54) is 31.4 Å². The topological polar surface area (TPSA) is 130 Å². The van der Waals surface area contributed by atoms with Crippen molar-refractivity contribution in [2.75, 3.05) is 7.11 Å². The number of fused-ring (bicyclic) bond motifs is 2. The number of hydrogen-bond donors (Lipinski definition) is 3. The van der Waals surface area contributed by atoms with Gasteiger partial charge in [-0.05, 0) is 27.2 Å². The fourth-order valence-electron chi connectivity index (χ4n) is 4.14. The van der Waals surface area contributed by atoms with E-state index < -0.39 is 0 Å². The van der Waals surface area contributed by atoms with Crippen LogP contribution < -0.4 is 15.6 Å². The normalized spacial score (nSPS) is 10.7. The summed E-state index contributed by atoms with van der Waals surface area (Å²) in [6.07, 6.45) is 2.60. The first kappa shape index (κ1) is 27.1. The van der Waals surface area contributed by atoms with Gasteiger partial charge in [0.1, 0.15) is 56.5 Å². The van der Waals surface area contributed by atoms with Crippen LogP contribution in [0, 0.1) is 6.92 Å². The first-order valence-corrected chi connectivity index (χ1v) is 12.1. The zero-order valence-corrected chi connectivity index (χ0v) is 21.9. The first-order valence-electron chi connectivity index (χ1n) is 12.1. The second-order valence-electron chi connectivity index (χ2n) is 9.17. The maximum absolute atomic E-state index is 12.0. The molecule has 0 aliphatic heterocycles. The van der Waals surface area contributed by atoms with E-state index in [9.17, 15) is 24.9 Å². The Morgan fingerprint density at radius 2 is 1.54 bits per heavy atom. The van der Waals surface area contributed by atoms with Crippen LogP contribution in [0.5, 0.6) is 23.0 Å². The zero-order valence-electron chi connectivity index (χ0n) is 21.9. The summed E-state index contributed by atoms with van der Waals surface area (Å²) in [6.45, 7) is 5.70. The molecule has 0 bridgehead atoms. The summed E-state index contributed by atoms with van der Waals surface area (Å²) < 4.78 is 16.5. The second kappa shape index (κ2) is 11.2. The summed E-state index contributed by atoms with van der Waals surface area (Å²) >= 11 is 0. The van der Waals surface area contributed by atoms with Crippen molar-refractivity contribution in [1.29, 1.82) is 0 Å². The number of phenols is 3. The number of rotatable bonds is 4. The van der Waals surface area contributed by atoms with E-state index in [0.717, 1.165) is 22.8 Å². The molecule has 0 unspecified atom stereocenters. The number of methoxy groups -OCH3 is 1. The number of aromatic hydroxyl groups is 3. The molecule has 8 nitrogen and oxygen atoms in total. The fourth-order valence-corrected chi connectivity index (χ4v) is 4.14. The molecule has 0 atom stereocenters. The molecule has 0 amide bonds. The minimum atomic E-state index is -0.349. The third kappa shape index (κ3) is 5.80. The number of hydrogen-bond acceptors (Lipinski definition) is 8. The lowest BCUT2D eigenvalue weighted by Gasteiger charge is -2.11. The molecular formula is C31H28O8. The highest BCUT2D eigenvalue weighted by Crippen LogP contribution is 2.34. The largest absolute Gasteiger partial charge is 0.508 e. The highest BCUT2D eigenvalue weighted by molar-refractivity contribution is 5.88. The number of allylic oxidation sites excluding steroid dienone is 2. The van der Waals surface area contributed by atoms with E-state index in [1.807, 2.05) is 50.3 Å². The summed E-state index contributed by atoms with van der Waals surface area (Å²) in [7, 11) is 1.53. The van der Waals surface area contributed by atoms with Gasteiger partial charge in [0.05, 0.1) is 7.11 Å². The maximum atomic E-state index is 12.0. The van der Waals surface area contributed by atoms with Gasteiger partial charge in [-0.2, -0.15) is 0 Å². The number of benzene rings is 3. The fraction of sp³-hybridized carbons (Fsp3) is 0.161. The molecular weight excluding hydrogens is 500 g/mol. The molecule has 39 heavy (non-hydrogen) atoms. The number of phenolic OH excluding ortho intramolecular Hbond substituents is 3. The highest BCUT2D eigenvalue weighted by atomic mass is 16.5. The molecule has 0 saturated heterocycles. The zero-order chi connectivity index (χ0) is 28.3. The number of ether oxygens (including phenoxy) is 1. The van der Waals surface area contributed by atoms with Crippen molar-refractivity contribution in [3.63, 3.8) is 0 Å². The van der Waals surface area contributed by atoms with Crippen LogP contribution in [0.25, 0.3) is 33.3 Å². The SMILES string of the molecule is COc1cc(O)c2c(=O)cc(C)oc2c1CC=C(C)C.O=c1cc(-c2ccccc2)oc2cc(O)cc(O)c12. The molecule has 0 fully saturated rings. The van der Waals surface area contributed by atoms with Gasteiger partial charge in [-0.25, -0.2) is 0 Å². The van der Waals surface area contributed by atoms with E-state index in [0.29, 0.717) is 29.3 Å². The lowest BCUT2D eigenvalue weighted by atomic mass is 10.0. The quantitative estimate of drug-likeness (QED) is 0.235. The third-order valence-electron chi connectivity index (χ3n) is 5.95. The van der Waals surface area contributed by atoms with Crippen LogP contribution >= 0.6 is 0 Å². The standard InChI is InChI=1S/C16H18O4.C15H10O4/c1-9(2)5-6-11-14(19-4)8-13(18)15-12(17)7-10(3)20-16(11)15;16-10-6-11(17)15-12(18)8-13(19-14(15)7-10)9-4-2-1-3-5-9/h5,7-8,18H,6H2,1-4H3;1-8,16-17H. The van der Waals surface area contributed by atoms with Crippen LogP contribution in [0.1, 0.15) is 25.2 Å². The molecule has 0 radical (unpaired) electrons. The van der Waals surface area contributed by atoms with Gasteiger partial charge in [0, 0.05) is 41.5 Å². The van der Waals surface area contributed by atoms with Crippen molar-refractivity contribution in [2.45, 2.75) is 27.2 Å².